The Labute approximate surface area is 179 Å². The van der Waals surface area contributed by atoms with E-state index >= 15 is 0 Å². The van der Waals surface area contributed by atoms with Crippen molar-refractivity contribution in [2.45, 2.75) is 19.8 Å². The van der Waals surface area contributed by atoms with Crippen molar-refractivity contribution in [1.82, 2.24) is 0 Å². The van der Waals surface area contributed by atoms with Gasteiger partial charge in [-0.3, -0.25) is 9.59 Å². The van der Waals surface area contributed by atoms with Gasteiger partial charge in [-0.15, -0.1) is 11.3 Å². The van der Waals surface area contributed by atoms with Crippen LogP contribution in [0.5, 0.6) is 5.75 Å². The molecule has 0 atom stereocenters. The highest BCUT2D eigenvalue weighted by Gasteiger charge is 2.16. The second kappa shape index (κ2) is 9.72. The maximum absolute atomic E-state index is 12.7. The lowest BCUT2D eigenvalue weighted by Crippen LogP contribution is -2.16. The number of benzene rings is 2. The number of hydrogen-bond acceptors (Lipinski definition) is 5. The summed E-state index contributed by atoms with van der Waals surface area (Å²) in [5.41, 5.74) is 2.66. The molecule has 0 unspecified atom stereocenters. The van der Waals surface area contributed by atoms with E-state index in [-0.39, 0.29) is 18.4 Å². The molecule has 0 saturated heterocycles. The zero-order chi connectivity index (χ0) is 21.5. The number of nitrogens with one attached hydrogen (secondary N) is 2. The summed E-state index contributed by atoms with van der Waals surface area (Å²) < 4.78 is 5.19. The van der Waals surface area contributed by atoms with Crippen LogP contribution in [0.25, 0.3) is 0 Å². The molecule has 7 heteroatoms. The first kappa shape index (κ1) is 21.1. The van der Waals surface area contributed by atoms with Crippen LogP contribution in [0.1, 0.15) is 46.0 Å². The van der Waals surface area contributed by atoms with E-state index in [4.69, 9.17) is 10.00 Å². The third kappa shape index (κ3) is 5.25. The summed E-state index contributed by atoms with van der Waals surface area (Å²) in [5, 5.41) is 16.4. The molecule has 0 aliphatic heterocycles. The molecule has 0 saturated carbocycles. The number of carbonyl (C=O) groups is 2. The minimum atomic E-state index is -0.326. The molecule has 152 valence electrons. The maximum atomic E-state index is 12.7. The van der Waals surface area contributed by atoms with Crippen LogP contribution in [-0.4, -0.2) is 18.4 Å². The molecule has 0 bridgehead atoms. The molecular weight excluding hydrogens is 398 g/mol. The first-order chi connectivity index (χ1) is 14.5. The number of nitrogens with zero attached hydrogens (tertiary/aromatic N) is 1. The van der Waals surface area contributed by atoms with Crippen LogP contribution >= 0.6 is 11.3 Å². The number of rotatable bonds is 7. The summed E-state index contributed by atoms with van der Waals surface area (Å²) in [4.78, 5) is 25.2. The molecule has 2 amide bonds. The lowest BCUT2D eigenvalue weighted by Gasteiger charge is -2.09. The highest BCUT2D eigenvalue weighted by Crippen LogP contribution is 2.26. The Kier molecular flexibility index (Phi) is 6.83. The number of thiophene rings is 1. The van der Waals surface area contributed by atoms with E-state index in [0.717, 1.165) is 5.56 Å². The second-order valence-corrected chi connectivity index (χ2v) is 7.74. The Hall–Kier alpha value is -3.63. The lowest BCUT2D eigenvalue weighted by atomic mass is 10.0. The molecule has 3 rings (SSSR count). The molecule has 1 heterocycles. The quantitative estimate of drug-likeness (QED) is 0.545. The van der Waals surface area contributed by atoms with Crippen molar-refractivity contribution >= 4 is 33.8 Å². The van der Waals surface area contributed by atoms with E-state index in [0.29, 0.717) is 33.5 Å². The van der Waals surface area contributed by atoms with Gasteiger partial charge in [-0.1, -0.05) is 26.0 Å². The van der Waals surface area contributed by atoms with Gasteiger partial charge in [-0.05, 0) is 59.3 Å². The molecular formula is C23H21N3O3S. The summed E-state index contributed by atoms with van der Waals surface area (Å²) in [6, 6.07) is 17.7. The van der Waals surface area contributed by atoms with E-state index in [9.17, 15) is 9.59 Å². The molecule has 6 nitrogen and oxygen atoms in total. The van der Waals surface area contributed by atoms with Crippen molar-refractivity contribution in [2.75, 3.05) is 17.2 Å². The number of anilines is 2. The first-order valence-electron chi connectivity index (χ1n) is 9.38. The maximum Gasteiger partial charge on any atom is 0.258 e. The standard InChI is InChI=1S/C23H21N3O3S/c1-15(2)16-3-5-17(6-4-16)21(27)26-23-20(11-14-30-23)22(28)25-18-7-9-19(10-8-18)29-13-12-24/h3-11,14-15H,13H2,1-2H3,(H,25,28)(H,26,27). The fourth-order valence-corrected chi connectivity index (χ4v) is 3.51. The smallest absolute Gasteiger partial charge is 0.258 e. The highest BCUT2D eigenvalue weighted by molar-refractivity contribution is 7.14. The summed E-state index contributed by atoms with van der Waals surface area (Å²) in [6.45, 7) is 4.15. The Morgan fingerprint density at radius 2 is 1.70 bits per heavy atom. The molecule has 30 heavy (non-hydrogen) atoms. The van der Waals surface area contributed by atoms with Crippen LogP contribution in [0.3, 0.4) is 0 Å². The lowest BCUT2D eigenvalue weighted by molar-refractivity contribution is 0.102. The van der Waals surface area contributed by atoms with Crippen molar-refractivity contribution in [2.24, 2.45) is 0 Å². The number of ether oxygens (including phenoxy) is 1. The van der Waals surface area contributed by atoms with Crippen LogP contribution in [0.4, 0.5) is 10.7 Å². The van der Waals surface area contributed by atoms with Gasteiger partial charge < -0.3 is 15.4 Å². The summed E-state index contributed by atoms with van der Waals surface area (Å²) in [5.74, 6) is 0.344. The van der Waals surface area contributed by atoms with Crippen LogP contribution in [0.2, 0.25) is 0 Å². The Bertz CT molecular complexity index is 1060. The summed E-state index contributed by atoms with van der Waals surface area (Å²) >= 11 is 1.29. The summed E-state index contributed by atoms with van der Waals surface area (Å²) in [7, 11) is 0. The SMILES string of the molecule is CC(C)c1ccc(C(=O)Nc2sccc2C(=O)Nc2ccc(OCC#N)cc2)cc1. The largest absolute Gasteiger partial charge is 0.479 e. The average Bonchev–Trinajstić information content (AvgIpc) is 3.21. The highest BCUT2D eigenvalue weighted by atomic mass is 32.1. The molecule has 2 N–H and O–H groups in total. The van der Waals surface area contributed by atoms with Crippen LogP contribution < -0.4 is 15.4 Å². The van der Waals surface area contributed by atoms with Gasteiger partial charge in [0.15, 0.2) is 6.61 Å². The third-order valence-corrected chi connectivity index (χ3v) is 5.22. The number of amides is 2. The minimum absolute atomic E-state index is 0.0378. The van der Waals surface area contributed by atoms with Gasteiger partial charge in [0, 0.05) is 11.3 Å². The molecule has 2 aromatic carbocycles. The van der Waals surface area contributed by atoms with E-state index < -0.39 is 0 Å². The van der Waals surface area contributed by atoms with Crippen LogP contribution in [0.15, 0.2) is 60.0 Å². The normalized spacial score (nSPS) is 10.3. The van der Waals surface area contributed by atoms with E-state index in [1.165, 1.54) is 11.3 Å². The van der Waals surface area contributed by atoms with Crippen LogP contribution in [0, 0.1) is 11.3 Å². The fourth-order valence-electron chi connectivity index (χ4n) is 2.73. The second-order valence-electron chi connectivity index (χ2n) is 6.82. The molecule has 0 fully saturated rings. The van der Waals surface area contributed by atoms with Crippen molar-refractivity contribution in [3.8, 4) is 11.8 Å². The van der Waals surface area contributed by atoms with Crippen molar-refractivity contribution in [3.63, 3.8) is 0 Å². The zero-order valence-corrected chi connectivity index (χ0v) is 17.5. The molecule has 0 spiro atoms. The van der Waals surface area contributed by atoms with Crippen LogP contribution in [-0.2, 0) is 0 Å². The van der Waals surface area contributed by atoms with Gasteiger partial charge in [0.25, 0.3) is 11.8 Å². The predicted molar refractivity (Wildman–Crippen MR) is 118 cm³/mol. The molecule has 0 radical (unpaired) electrons. The zero-order valence-electron chi connectivity index (χ0n) is 16.6. The summed E-state index contributed by atoms with van der Waals surface area (Å²) in [6.07, 6.45) is 0. The monoisotopic (exact) mass is 419 g/mol. The van der Waals surface area contributed by atoms with Crippen molar-refractivity contribution in [3.05, 3.63) is 76.7 Å². The molecule has 0 aliphatic rings. The van der Waals surface area contributed by atoms with Crippen molar-refractivity contribution < 1.29 is 14.3 Å². The minimum Gasteiger partial charge on any atom is -0.479 e. The van der Waals surface area contributed by atoms with E-state index in [2.05, 4.69) is 24.5 Å². The van der Waals surface area contributed by atoms with Gasteiger partial charge in [0.2, 0.25) is 0 Å². The van der Waals surface area contributed by atoms with Gasteiger partial charge in [0.1, 0.15) is 16.8 Å². The van der Waals surface area contributed by atoms with Gasteiger partial charge in [0.05, 0.1) is 5.56 Å². The van der Waals surface area contributed by atoms with Gasteiger partial charge in [-0.2, -0.15) is 5.26 Å². The molecule has 3 aromatic rings. The topological polar surface area (TPSA) is 91.2 Å². The van der Waals surface area contributed by atoms with Gasteiger partial charge in [-0.25, -0.2) is 0 Å². The van der Waals surface area contributed by atoms with E-state index in [1.807, 2.05) is 18.2 Å². The third-order valence-electron chi connectivity index (χ3n) is 4.39. The van der Waals surface area contributed by atoms with E-state index in [1.54, 1.807) is 47.8 Å². The molecule has 1 aromatic heterocycles. The number of hydrogen-bond donors (Lipinski definition) is 2. The Balaban J connectivity index is 1.66. The predicted octanol–water partition coefficient (Wildman–Crippen LogP) is 5.28. The number of nitriles is 1. The Morgan fingerprint density at radius 1 is 1.00 bits per heavy atom. The number of carbonyl (C=O) groups excluding carboxylic acids is 2. The average molecular weight is 420 g/mol. The molecule has 0 aliphatic carbocycles. The Morgan fingerprint density at radius 3 is 2.33 bits per heavy atom. The van der Waals surface area contributed by atoms with Crippen molar-refractivity contribution in [1.29, 1.82) is 5.26 Å². The van der Waals surface area contributed by atoms with Gasteiger partial charge >= 0.3 is 0 Å². The fraction of sp³-hybridized carbons (Fsp3) is 0.174. The first-order valence-corrected chi connectivity index (χ1v) is 10.3.